The third kappa shape index (κ3) is 3.34. The van der Waals surface area contributed by atoms with Crippen molar-refractivity contribution in [1.82, 2.24) is 4.98 Å². The second-order valence-electron chi connectivity index (χ2n) is 4.07. The van der Waals surface area contributed by atoms with E-state index in [0.29, 0.717) is 21.4 Å². The lowest BCUT2D eigenvalue weighted by molar-refractivity contribution is -0.384. The second kappa shape index (κ2) is 6.32. The van der Waals surface area contributed by atoms with Gasteiger partial charge in [0.2, 0.25) is 5.88 Å². The van der Waals surface area contributed by atoms with Crippen LogP contribution in [0.25, 0.3) is 0 Å². The number of aryl methyl sites for hydroxylation is 1. The van der Waals surface area contributed by atoms with E-state index in [1.807, 2.05) is 13.0 Å². The molecule has 0 radical (unpaired) electrons. The van der Waals surface area contributed by atoms with Crippen LogP contribution in [0.2, 0.25) is 0 Å². The van der Waals surface area contributed by atoms with E-state index in [-0.39, 0.29) is 5.69 Å². The highest BCUT2D eigenvalue weighted by Crippen LogP contribution is 2.33. The highest BCUT2D eigenvalue weighted by atomic mass is 79.9. The number of non-ortho nitro benzene ring substituents is 1. The number of rotatable bonds is 4. The summed E-state index contributed by atoms with van der Waals surface area (Å²) in [5, 5.41) is 11.5. The Bertz CT molecular complexity index is 662. The van der Waals surface area contributed by atoms with Crippen LogP contribution >= 0.6 is 31.9 Å². The summed E-state index contributed by atoms with van der Waals surface area (Å²) in [6, 6.07) is 6.30. The van der Waals surface area contributed by atoms with Crippen LogP contribution in [-0.2, 0) is 5.33 Å². The molecule has 0 aliphatic rings. The van der Waals surface area contributed by atoms with Gasteiger partial charge in [-0.15, -0.1) is 0 Å². The molecule has 0 saturated carbocycles. The number of ether oxygens (including phenoxy) is 1. The molecule has 0 aliphatic heterocycles. The van der Waals surface area contributed by atoms with Gasteiger partial charge in [-0.2, -0.15) is 0 Å². The standard InChI is InChI=1S/C13H10Br2N2O3/c1-8-4-9(6-14)7-16-13(8)20-12-5-10(17(18)19)2-3-11(12)15/h2-5,7H,6H2,1H3. The molecular formula is C13H10Br2N2O3. The van der Waals surface area contributed by atoms with Crippen molar-refractivity contribution in [1.29, 1.82) is 0 Å². The van der Waals surface area contributed by atoms with Gasteiger partial charge < -0.3 is 4.74 Å². The third-order valence-electron chi connectivity index (χ3n) is 2.57. The minimum Gasteiger partial charge on any atom is -0.437 e. The van der Waals surface area contributed by atoms with Gasteiger partial charge in [-0.1, -0.05) is 15.9 Å². The van der Waals surface area contributed by atoms with Crippen LogP contribution in [-0.4, -0.2) is 9.91 Å². The molecule has 2 rings (SSSR count). The van der Waals surface area contributed by atoms with Gasteiger partial charge in [-0.25, -0.2) is 4.98 Å². The van der Waals surface area contributed by atoms with E-state index < -0.39 is 4.92 Å². The maximum atomic E-state index is 10.8. The maximum absolute atomic E-state index is 10.8. The summed E-state index contributed by atoms with van der Waals surface area (Å²) in [6.07, 6.45) is 1.70. The molecule has 7 heteroatoms. The molecule has 0 fully saturated rings. The van der Waals surface area contributed by atoms with Crippen molar-refractivity contribution in [3.05, 3.63) is 56.2 Å². The fourth-order valence-corrected chi connectivity index (χ4v) is 2.22. The monoisotopic (exact) mass is 400 g/mol. The van der Waals surface area contributed by atoms with Gasteiger partial charge in [0.15, 0.2) is 5.75 Å². The van der Waals surface area contributed by atoms with Crippen molar-refractivity contribution >= 4 is 37.5 Å². The molecule has 5 nitrogen and oxygen atoms in total. The molecular weight excluding hydrogens is 392 g/mol. The molecule has 2 aromatic rings. The predicted octanol–water partition coefficient (Wildman–Crippen LogP) is 4.75. The number of nitro benzene ring substituents is 1. The summed E-state index contributed by atoms with van der Waals surface area (Å²) in [5.41, 5.74) is 1.87. The number of nitro groups is 1. The number of hydrogen-bond donors (Lipinski definition) is 0. The second-order valence-corrected chi connectivity index (χ2v) is 5.49. The number of halogens is 2. The molecule has 0 saturated heterocycles. The van der Waals surface area contributed by atoms with Gasteiger partial charge in [-0.05, 0) is 40.5 Å². The smallest absolute Gasteiger partial charge is 0.273 e. The Kier molecular flexibility index (Phi) is 4.72. The van der Waals surface area contributed by atoms with Gasteiger partial charge in [0.25, 0.3) is 5.69 Å². The molecule has 0 amide bonds. The van der Waals surface area contributed by atoms with Gasteiger partial charge >= 0.3 is 0 Å². The zero-order valence-electron chi connectivity index (χ0n) is 10.5. The first-order valence-electron chi connectivity index (χ1n) is 5.64. The minimum absolute atomic E-state index is 0.0297. The summed E-state index contributed by atoms with van der Waals surface area (Å²) >= 11 is 6.66. The molecule has 0 bridgehead atoms. The topological polar surface area (TPSA) is 65.3 Å². The van der Waals surface area contributed by atoms with Crippen LogP contribution in [0.1, 0.15) is 11.1 Å². The first-order chi connectivity index (χ1) is 9.51. The number of aromatic nitrogens is 1. The molecule has 20 heavy (non-hydrogen) atoms. The van der Waals surface area contributed by atoms with Crippen molar-refractivity contribution in [2.24, 2.45) is 0 Å². The average molecular weight is 402 g/mol. The van der Waals surface area contributed by atoms with E-state index in [9.17, 15) is 10.1 Å². The van der Waals surface area contributed by atoms with Crippen LogP contribution in [0.4, 0.5) is 5.69 Å². The summed E-state index contributed by atoms with van der Waals surface area (Å²) < 4.78 is 6.29. The lowest BCUT2D eigenvalue weighted by Gasteiger charge is -2.09. The van der Waals surface area contributed by atoms with Crippen molar-refractivity contribution in [3.63, 3.8) is 0 Å². The number of nitrogens with zero attached hydrogens (tertiary/aromatic N) is 2. The highest BCUT2D eigenvalue weighted by molar-refractivity contribution is 9.10. The van der Waals surface area contributed by atoms with E-state index in [1.165, 1.54) is 12.1 Å². The summed E-state index contributed by atoms with van der Waals surface area (Å²) in [7, 11) is 0. The van der Waals surface area contributed by atoms with Crippen LogP contribution in [0.15, 0.2) is 34.9 Å². The molecule has 0 unspecified atom stereocenters. The molecule has 1 aromatic carbocycles. The fourth-order valence-electron chi connectivity index (χ4n) is 1.59. The summed E-state index contributed by atoms with van der Waals surface area (Å²) in [4.78, 5) is 14.5. The van der Waals surface area contributed by atoms with Crippen LogP contribution in [0.5, 0.6) is 11.6 Å². The normalized spacial score (nSPS) is 10.3. The van der Waals surface area contributed by atoms with Gasteiger partial charge in [0, 0.05) is 23.2 Å². The molecule has 104 valence electrons. The zero-order chi connectivity index (χ0) is 14.7. The predicted molar refractivity (Wildman–Crippen MR) is 82.5 cm³/mol. The number of hydrogen-bond acceptors (Lipinski definition) is 4. The van der Waals surface area contributed by atoms with E-state index in [4.69, 9.17) is 4.74 Å². The SMILES string of the molecule is Cc1cc(CBr)cnc1Oc1cc([N+](=O)[O-])ccc1Br. The van der Waals surface area contributed by atoms with Crippen LogP contribution < -0.4 is 4.74 Å². The van der Waals surface area contributed by atoms with Crippen molar-refractivity contribution in [2.75, 3.05) is 0 Å². The lowest BCUT2D eigenvalue weighted by Crippen LogP contribution is -1.95. The summed E-state index contributed by atoms with van der Waals surface area (Å²) in [6.45, 7) is 1.87. The Morgan fingerprint density at radius 3 is 2.75 bits per heavy atom. The van der Waals surface area contributed by atoms with E-state index in [0.717, 1.165) is 11.1 Å². The molecule has 0 spiro atoms. The van der Waals surface area contributed by atoms with E-state index in [1.54, 1.807) is 12.3 Å². The Morgan fingerprint density at radius 1 is 1.40 bits per heavy atom. The number of benzene rings is 1. The third-order valence-corrected chi connectivity index (χ3v) is 3.88. The maximum Gasteiger partial charge on any atom is 0.273 e. The quantitative estimate of drug-likeness (QED) is 0.421. The molecule has 0 atom stereocenters. The average Bonchev–Trinajstić information content (AvgIpc) is 2.42. The molecule has 0 N–H and O–H groups in total. The van der Waals surface area contributed by atoms with Gasteiger partial charge in [0.05, 0.1) is 15.5 Å². The number of pyridine rings is 1. The van der Waals surface area contributed by atoms with E-state index >= 15 is 0 Å². The van der Waals surface area contributed by atoms with Crippen LogP contribution in [0, 0.1) is 17.0 Å². The van der Waals surface area contributed by atoms with Crippen molar-refractivity contribution in [2.45, 2.75) is 12.3 Å². The van der Waals surface area contributed by atoms with Gasteiger partial charge in [-0.3, -0.25) is 10.1 Å². The van der Waals surface area contributed by atoms with E-state index in [2.05, 4.69) is 36.8 Å². The highest BCUT2D eigenvalue weighted by Gasteiger charge is 2.13. The molecule has 0 aliphatic carbocycles. The number of alkyl halides is 1. The Hall–Kier alpha value is -1.47. The largest absolute Gasteiger partial charge is 0.437 e. The first-order valence-corrected chi connectivity index (χ1v) is 7.56. The fraction of sp³-hybridized carbons (Fsp3) is 0.154. The van der Waals surface area contributed by atoms with Crippen LogP contribution in [0.3, 0.4) is 0 Å². The Morgan fingerprint density at radius 2 is 2.15 bits per heavy atom. The first kappa shape index (κ1) is 14.9. The molecule has 1 aromatic heterocycles. The van der Waals surface area contributed by atoms with Crippen molar-refractivity contribution < 1.29 is 9.66 Å². The molecule has 1 heterocycles. The van der Waals surface area contributed by atoms with Crippen molar-refractivity contribution in [3.8, 4) is 11.6 Å². The van der Waals surface area contributed by atoms with Gasteiger partial charge in [0.1, 0.15) is 0 Å². The Balaban J connectivity index is 2.34. The Labute approximate surface area is 132 Å². The zero-order valence-corrected chi connectivity index (χ0v) is 13.6. The summed E-state index contributed by atoms with van der Waals surface area (Å²) in [5.74, 6) is 0.789. The minimum atomic E-state index is -0.465. The lowest BCUT2D eigenvalue weighted by atomic mass is 10.2.